The Hall–Kier alpha value is -1.26. The average molecular weight is 258 g/mol. The summed E-state index contributed by atoms with van der Waals surface area (Å²) in [6.07, 6.45) is 0. The average Bonchev–Trinajstić information content (AvgIpc) is 2.37. The smallest absolute Gasteiger partial charge is 0.325 e. The number of methoxy groups -OCH3 is 2. The number of hydrogen-bond acceptors (Lipinski definition) is 4. The highest BCUT2D eigenvalue weighted by Gasteiger charge is 2.14. The van der Waals surface area contributed by atoms with Crippen LogP contribution >= 0.6 is 11.6 Å². The van der Waals surface area contributed by atoms with Crippen LogP contribution in [0, 0.1) is 0 Å². The van der Waals surface area contributed by atoms with Gasteiger partial charge in [0.15, 0.2) is 0 Å². The fourth-order valence-electron chi connectivity index (χ4n) is 1.34. The van der Waals surface area contributed by atoms with Gasteiger partial charge in [0.1, 0.15) is 11.1 Å². The van der Waals surface area contributed by atoms with Gasteiger partial charge in [-0.2, -0.15) is 0 Å². The van der Waals surface area contributed by atoms with Crippen molar-refractivity contribution in [2.75, 3.05) is 20.8 Å². The molecule has 1 aromatic rings. The van der Waals surface area contributed by atoms with E-state index in [-0.39, 0.29) is 0 Å². The lowest BCUT2D eigenvalue weighted by atomic mass is 10.2. The number of hydrogen-bond donors (Lipinski definition) is 1. The van der Waals surface area contributed by atoms with E-state index in [1.54, 1.807) is 7.11 Å². The minimum Gasteiger partial charge on any atom is -0.497 e. The molecule has 0 saturated heterocycles. The van der Waals surface area contributed by atoms with Crippen molar-refractivity contribution in [3.63, 3.8) is 0 Å². The summed E-state index contributed by atoms with van der Waals surface area (Å²) in [6.45, 7) is 0.989. The molecule has 94 valence electrons. The fourth-order valence-corrected chi connectivity index (χ4v) is 1.54. The van der Waals surface area contributed by atoms with E-state index in [1.165, 1.54) is 7.11 Å². The van der Waals surface area contributed by atoms with Crippen LogP contribution in [0.4, 0.5) is 0 Å². The molecule has 0 bridgehead atoms. The van der Waals surface area contributed by atoms with Gasteiger partial charge < -0.3 is 14.8 Å². The summed E-state index contributed by atoms with van der Waals surface area (Å²) in [7, 11) is 2.94. The first-order valence-electron chi connectivity index (χ1n) is 5.23. The molecule has 1 rings (SSSR count). The highest BCUT2D eigenvalue weighted by molar-refractivity contribution is 6.30. The molecule has 0 spiro atoms. The largest absolute Gasteiger partial charge is 0.497 e. The van der Waals surface area contributed by atoms with Gasteiger partial charge in [-0.05, 0) is 17.7 Å². The summed E-state index contributed by atoms with van der Waals surface area (Å²) < 4.78 is 9.63. The second-order valence-corrected chi connectivity index (χ2v) is 4.00. The molecule has 1 aromatic carbocycles. The lowest BCUT2D eigenvalue weighted by Crippen LogP contribution is -2.29. The van der Waals surface area contributed by atoms with Crippen molar-refractivity contribution < 1.29 is 14.3 Å². The number of halogens is 1. The molecular formula is C12H16ClNO3. The van der Waals surface area contributed by atoms with Crippen molar-refractivity contribution in [2.24, 2.45) is 0 Å². The zero-order valence-electron chi connectivity index (χ0n) is 9.90. The summed E-state index contributed by atoms with van der Waals surface area (Å²) in [5.41, 5.74) is 1.07. The molecule has 1 N–H and O–H groups in total. The maximum atomic E-state index is 11.0. The van der Waals surface area contributed by atoms with Crippen LogP contribution in [-0.2, 0) is 16.1 Å². The van der Waals surface area contributed by atoms with E-state index < -0.39 is 11.3 Å². The molecule has 5 heteroatoms. The van der Waals surface area contributed by atoms with E-state index in [0.717, 1.165) is 11.3 Å². The third-order valence-electron chi connectivity index (χ3n) is 2.24. The maximum absolute atomic E-state index is 11.0. The lowest BCUT2D eigenvalue weighted by Gasteiger charge is -2.09. The molecular weight excluding hydrogens is 242 g/mol. The van der Waals surface area contributed by atoms with E-state index in [0.29, 0.717) is 13.1 Å². The van der Waals surface area contributed by atoms with Crippen LogP contribution in [0.2, 0.25) is 0 Å². The third kappa shape index (κ3) is 4.63. The van der Waals surface area contributed by atoms with Crippen molar-refractivity contribution in [3.8, 4) is 5.75 Å². The minimum atomic E-state index is -0.661. The molecule has 0 aliphatic heterocycles. The molecule has 0 radical (unpaired) electrons. The van der Waals surface area contributed by atoms with Gasteiger partial charge in [0.25, 0.3) is 0 Å². The van der Waals surface area contributed by atoms with Gasteiger partial charge in [0.2, 0.25) is 0 Å². The van der Waals surface area contributed by atoms with E-state index in [4.69, 9.17) is 16.3 Å². The van der Waals surface area contributed by atoms with Crippen molar-refractivity contribution in [2.45, 2.75) is 11.9 Å². The monoisotopic (exact) mass is 257 g/mol. The molecule has 0 aliphatic rings. The SMILES string of the molecule is COC(=O)C(Cl)CNCc1cccc(OC)c1. The lowest BCUT2D eigenvalue weighted by molar-refractivity contribution is -0.140. The number of ether oxygens (including phenoxy) is 2. The Morgan fingerprint density at radius 1 is 1.47 bits per heavy atom. The van der Waals surface area contributed by atoms with Gasteiger partial charge in [0.05, 0.1) is 14.2 Å². The molecule has 0 amide bonds. The number of alkyl halides is 1. The van der Waals surface area contributed by atoms with Gasteiger partial charge in [-0.3, -0.25) is 4.79 Å². The second kappa shape index (κ2) is 7.14. The highest BCUT2D eigenvalue weighted by Crippen LogP contribution is 2.12. The number of carbonyl (C=O) groups is 1. The predicted molar refractivity (Wildman–Crippen MR) is 66.4 cm³/mol. The summed E-state index contributed by atoms with van der Waals surface area (Å²) in [4.78, 5) is 11.0. The summed E-state index contributed by atoms with van der Waals surface area (Å²) in [5.74, 6) is 0.379. The van der Waals surface area contributed by atoms with E-state index in [2.05, 4.69) is 10.1 Å². The zero-order chi connectivity index (χ0) is 12.7. The molecule has 0 heterocycles. The van der Waals surface area contributed by atoms with Crippen LogP contribution in [0.25, 0.3) is 0 Å². The van der Waals surface area contributed by atoms with Gasteiger partial charge in [-0.15, -0.1) is 11.6 Å². The van der Waals surface area contributed by atoms with Gasteiger partial charge in [-0.25, -0.2) is 0 Å². The molecule has 4 nitrogen and oxygen atoms in total. The van der Waals surface area contributed by atoms with Crippen molar-refractivity contribution in [3.05, 3.63) is 29.8 Å². The summed E-state index contributed by atoms with van der Waals surface area (Å²) in [5, 5.41) is 2.42. The first kappa shape index (κ1) is 13.8. The van der Waals surface area contributed by atoms with Gasteiger partial charge in [-0.1, -0.05) is 12.1 Å². The number of benzene rings is 1. The Kier molecular flexibility index (Phi) is 5.80. The minimum absolute atomic E-state index is 0.367. The van der Waals surface area contributed by atoms with Crippen LogP contribution in [0.5, 0.6) is 5.75 Å². The molecule has 1 unspecified atom stereocenters. The molecule has 0 saturated carbocycles. The van der Waals surface area contributed by atoms with Crippen LogP contribution < -0.4 is 10.1 Å². The normalized spacial score (nSPS) is 11.9. The Bertz CT molecular complexity index is 371. The number of rotatable bonds is 6. The number of nitrogens with one attached hydrogen (secondary N) is 1. The van der Waals surface area contributed by atoms with Crippen molar-refractivity contribution >= 4 is 17.6 Å². The first-order valence-corrected chi connectivity index (χ1v) is 5.66. The standard InChI is InChI=1S/C12H16ClNO3/c1-16-10-5-3-4-9(6-10)7-14-8-11(13)12(15)17-2/h3-6,11,14H,7-8H2,1-2H3. The van der Waals surface area contributed by atoms with Crippen LogP contribution in [0.15, 0.2) is 24.3 Å². The van der Waals surface area contributed by atoms with Gasteiger partial charge >= 0.3 is 5.97 Å². The Balaban J connectivity index is 2.37. The molecule has 0 aliphatic carbocycles. The van der Waals surface area contributed by atoms with Crippen LogP contribution in [0.3, 0.4) is 0 Å². The summed E-state index contributed by atoms with van der Waals surface area (Å²) in [6, 6.07) is 7.68. The van der Waals surface area contributed by atoms with Crippen molar-refractivity contribution in [1.29, 1.82) is 0 Å². The Morgan fingerprint density at radius 3 is 2.88 bits per heavy atom. The second-order valence-electron chi connectivity index (χ2n) is 3.47. The van der Waals surface area contributed by atoms with E-state index in [9.17, 15) is 4.79 Å². The quantitative estimate of drug-likeness (QED) is 0.621. The molecule has 0 aromatic heterocycles. The highest BCUT2D eigenvalue weighted by atomic mass is 35.5. The zero-order valence-corrected chi connectivity index (χ0v) is 10.7. The van der Waals surface area contributed by atoms with Crippen LogP contribution in [0.1, 0.15) is 5.56 Å². The molecule has 0 fully saturated rings. The fraction of sp³-hybridized carbons (Fsp3) is 0.417. The summed E-state index contributed by atoms with van der Waals surface area (Å²) >= 11 is 5.79. The van der Waals surface area contributed by atoms with E-state index in [1.807, 2.05) is 24.3 Å². The first-order chi connectivity index (χ1) is 8.17. The van der Waals surface area contributed by atoms with Crippen LogP contribution in [-0.4, -0.2) is 32.1 Å². The predicted octanol–water partition coefficient (Wildman–Crippen LogP) is 1.57. The Labute approximate surface area is 106 Å². The number of esters is 1. The van der Waals surface area contributed by atoms with Crippen molar-refractivity contribution in [1.82, 2.24) is 5.32 Å². The van der Waals surface area contributed by atoms with Gasteiger partial charge in [0, 0.05) is 13.1 Å². The number of carbonyl (C=O) groups excluding carboxylic acids is 1. The molecule has 1 atom stereocenters. The topological polar surface area (TPSA) is 47.6 Å². The maximum Gasteiger partial charge on any atom is 0.325 e. The Morgan fingerprint density at radius 2 is 2.24 bits per heavy atom. The molecule has 17 heavy (non-hydrogen) atoms. The third-order valence-corrected chi connectivity index (χ3v) is 2.58. The van der Waals surface area contributed by atoms with E-state index >= 15 is 0 Å².